The molecule has 0 atom stereocenters. The molecular formula is C22H16N2O5S. The maximum atomic E-state index is 12.0. The van der Waals surface area contributed by atoms with E-state index in [1.54, 1.807) is 11.3 Å². The third kappa shape index (κ3) is 3.85. The Bertz CT molecular complexity index is 1200. The molecule has 0 aliphatic carbocycles. The lowest BCUT2D eigenvalue weighted by Crippen LogP contribution is -2.07. The van der Waals surface area contributed by atoms with Crippen LogP contribution >= 0.6 is 11.3 Å². The predicted octanol–water partition coefficient (Wildman–Crippen LogP) is 4.72. The molecule has 8 heteroatoms. The molecule has 0 fully saturated rings. The summed E-state index contributed by atoms with van der Waals surface area (Å²) in [6.07, 6.45) is 0. The molecule has 0 aliphatic rings. The predicted molar refractivity (Wildman–Crippen MR) is 112 cm³/mol. The minimum atomic E-state index is -0.600. The zero-order valence-electron chi connectivity index (χ0n) is 16.1. The molecule has 0 radical (unpaired) electrons. The molecule has 0 spiro atoms. The van der Waals surface area contributed by atoms with Crippen LogP contribution in [0.4, 0.5) is 0 Å². The van der Waals surface area contributed by atoms with Crippen LogP contribution in [-0.2, 0) is 9.47 Å². The van der Waals surface area contributed by atoms with Gasteiger partial charge in [0.2, 0.25) is 5.88 Å². The summed E-state index contributed by atoms with van der Waals surface area (Å²) < 4.78 is 15.6. The van der Waals surface area contributed by atoms with E-state index in [0.717, 1.165) is 5.56 Å². The molecule has 30 heavy (non-hydrogen) atoms. The number of benzene rings is 2. The first-order valence-corrected chi connectivity index (χ1v) is 9.82. The van der Waals surface area contributed by atoms with Gasteiger partial charge in [-0.15, -0.1) is 0 Å². The molecule has 0 saturated carbocycles. The number of methoxy groups -OCH3 is 2. The minimum absolute atomic E-state index is 0.159. The summed E-state index contributed by atoms with van der Waals surface area (Å²) in [6, 6.07) is 13.7. The topological polar surface area (TPSA) is 87.6 Å². The van der Waals surface area contributed by atoms with E-state index >= 15 is 0 Å². The highest BCUT2D eigenvalue weighted by Gasteiger charge is 2.17. The molecule has 0 bridgehead atoms. The van der Waals surface area contributed by atoms with Crippen molar-refractivity contribution >= 4 is 34.2 Å². The zero-order valence-corrected chi connectivity index (χ0v) is 16.9. The molecule has 4 aromatic rings. The Morgan fingerprint density at radius 2 is 1.60 bits per heavy atom. The number of hydrogen-bond acceptors (Lipinski definition) is 8. The Hall–Kier alpha value is -3.78. The SMILES string of the molecule is COC(=O)c1cc(Oc2nc(-c3ccsc3)nc3ccccc23)cc(C(=O)OC)c1. The van der Waals surface area contributed by atoms with Crippen molar-refractivity contribution in [1.82, 2.24) is 9.97 Å². The summed E-state index contributed by atoms with van der Waals surface area (Å²) in [6.45, 7) is 0. The largest absolute Gasteiger partial charge is 0.465 e. The summed E-state index contributed by atoms with van der Waals surface area (Å²) >= 11 is 1.54. The van der Waals surface area contributed by atoms with Crippen LogP contribution in [0.2, 0.25) is 0 Å². The van der Waals surface area contributed by atoms with Crippen LogP contribution in [0.5, 0.6) is 11.6 Å². The van der Waals surface area contributed by atoms with E-state index < -0.39 is 11.9 Å². The Labute approximate surface area is 175 Å². The first kappa shape index (κ1) is 19.5. The number of para-hydroxylation sites is 1. The van der Waals surface area contributed by atoms with Crippen LogP contribution in [0, 0.1) is 0 Å². The molecule has 0 N–H and O–H groups in total. The Morgan fingerprint density at radius 1 is 0.900 bits per heavy atom. The number of ether oxygens (including phenoxy) is 3. The third-order valence-electron chi connectivity index (χ3n) is 4.31. The fraction of sp³-hybridized carbons (Fsp3) is 0.0909. The first-order valence-electron chi connectivity index (χ1n) is 8.88. The quantitative estimate of drug-likeness (QED) is 0.432. The maximum Gasteiger partial charge on any atom is 0.338 e. The lowest BCUT2D eigenvalue weighted by Gasteiger charge is -2.12. The van der Waals surface area contributed by atoms with Crippen molar-refractivity contribution in [1.29, 1.82) is 0 Å². The van der Waals surface area contributed by atoms with E-state index in [9.17, 15) is 9.59 Å². The molecule has 0 amide bonds. The van der Waals surface area contributed by atoms with Crippen LogP contribution in [0.3, 0.4) is 0 Å². The number of aromatic nitrogens is 2. The van der Waals surface area contributed by atoms with Crippen LogP contribution < -0.4 is 4.74 Å². The van der Waals surface area contributed by atoms with Crippen molar-refractivity contribution in [3.8, 4) is 23.0 Å². The fourth-order valence-corrected chi connectivity index (χ4v) is 3.52. The highest BCUT2D eigenvalue weighted by Crippen LogP contribution is 2.31. The normalized spacial score (nSPS) is 10.6. The highest BCUT2D eigenvalue weighted by molar-refractivity contribution is 7.08. The fourth-order valence-electron chi connectivity index (χ4n) is 2.89. The number of thiophene rings is 1. The molecule has 2 heterocycles. The van der Waals surface area contributed by atoms with Crippen molar-refractivity contribution < 1.29 is 23.8 Å². The molecule has 0 unspecified atom stereocenters. The van der Waals surface area contributed by atoms with Gasteiger partial charge in [-0.3, -0.25) is 0 Å². The van der Waals surface area contributed by atoms with Crippen LogP contribution in [0.1, 0.15) is 20.7 Å². The summed E-state index contributed by atoms with van der Waals surface area (Å²) in [7, 11) is 2.53. The van der Waals surface area contributed by atoms with Gasteiger partial charge in [0, 0.05) is 10.9 Å². The molecule has 0 saturated heterocycles. The number of carbonyl (C=O) groups is 2. The third-order valence-corrected chi connectivity index (χ3v) is 4.99. The number of hydrogen-bond donors (Lipinski definition) is 0. The Kier molecular flexibility index (Phi) is 5.40. The van der Waals surface area contributed by atoms with Gasteiger partial charge in [-0.1, -0.05) is 12.1 Å². The number of nitrogens with zero attached hydrogens (tertiary/aromatic N) is 2. The van der Waals surface area contributed by atoms with Crippen molar-refractivity contribution in [3.63, 3.8) is 0 Å². The van der Waals surface area contributed by atoms with Gasteiger partial charge in [-0.25, -0.2) is 14.6 Å². The number of esters is 2. The number of rotatable bonds is 5. The molecular weight excluding hydrogens is 404 g/mol. The highest BCUT2D eigenvalue weighted by atomic mass is 32.1. The molecule has 4 rings (SSSR count). The van der Waals surface area contributed by atoms with Crippen molar-refractivity contribution in [2.75, 3.05) is 14.2 Å². The van der Waals surface area contributed by atoms with E-state index in [4.69, 9.17) is 14.2 Å². The molecule has 0 aliphatic heterocycles. The summed E-state index contributed by atoms with van der Waals surface area (Å²) in [5.74, 6) is -0.130. The van der Waals surface area contributed by atoms with Crippen molar-refractivity contribution in [3.05, 3.63) is 70.4 Å². The van der Waals surface area contributed by atoms with Crippen molar-refractivity contribution in [2.45, 2.75) is 0 Å². The number of fused-ring (bicyclic) bond motifs is 1. The van der Waals surface area contributed by atoms with Gasteiger partial charge in [0.1, 0.15) is 5.75 Å². The summed E-state index contributed by atoms with van der Waals surface area (Å²) in [4.78, 5) is 33.3. The van der Waals surface area contributed by atoms with E-state index in [-0.39, 0.29) is 16.9 Å². The standard InChI is InChI=1S/C22H16N2O5S/c1-27-21(25)14-9-15(22(26)28-2)11-16(10-14)29-20-17-5-3-4-6-18(17)23-19(24-20)13-7-8-30-12-13/h3-12H,1-2H3. The summed E-state index contributed by atoms with van der Waals surface area (Å²) in [5, 5.41) is 4.58. The van der Waals surface area contributed by atoms with Gasteiger partial charge in [-0.05, 0) is 41.8 Å². The van der Waals surface area contributed by atoms with Crippen LogP contribution in [0.15, 0.2) is 59.3 Å². The smallest absolute Gasteiger partial charge is 0.338 e. The van der Waals surface area contributed by atoms with Crippen molar-refractivity contribution in [2.24, 2.45) is 0 Å². The second-order valence-corrected chi connectivity index (χ2v) is 6.99. The van der Waals surface area contributed by atoms with Gasteiger partial charge in [0.05, 0.1) is 36.2 Å². The van der Waals surface area contributed by atoms with E-state index in [1.807, 2.05) is 41.1 Å². The zero-order chi connectivity index (χ0) is 21.1. The average molecular weight is 420 g/mol. The van der Waals surface area contributed by atoms with E-state index in [0.29, 0.717) is 22.6 Å². The van der Waals surface area contributed by atoms with E-state index in [2.05, 4.69) is 9.97 Å². The molecule has 2 aromatic carbocycles. The van der Waals surface area contributed by atoms with Gasteiger partial charge in [0.25, 0.3) is 0 Å². The van der Waals surface area contributed by atoms with Gasteiger partial charge in [-0.2, -0.15) is 16.3 Å². The van der Waals surface area contributed by atoms with Gasteiger partial charge < -0.3 is 14.2 Å². The van der Waals surface area contributed by atoms with Gasteiger partial charge >= 0.3 is 11.9 Å². The molecule has 150 valence electrons. The summed E-state index contributed by atoms with van der Waals surface area (Å²) in [5.41, 5.74) is 1.90. The average Bonchev–Trinajstić information content (AvgIpc) is 3.32. The maximum absolute atomic E-state index is 12.0. The Morgan fingerprint density at radius 3 is 2.23 bits per heavy atom. The minimum Gasteiger partial charge on any atom is -0.465 e. The monoisotopic (exact) mass is 420 g/mol. The molecule has 7 nitrogen and oxygen atoms in total. The Balaban J connectivity index is 1.84. The number of carbonyl (C=O) groups excluding carboxylic acids is 2. The molecule has 2 aromatic heterocycles. The first-order chi connectivity index (χ1) is 14.6. The van der Waals surface area contributed by atoms with Gasteiger partial charge in [0.15, 0.2) is 5.82 Å². The van der Waals surface area contributed by atoms with Crippen LogP contribution in [-0.4, -0.2) is 36.1 Å². The van der Waals surface area contributed by atoms with Crippen LogP contribution in [0.25, 0.3) is 22.3 Å². The lowest BCUT2D eigenvalue weighted by atomic mass is 10.1. The lowest BCUT2D eigenvalue weighted by molar-refractivity contribution is 0.0598. The second kappa shape index (κ2) is 8.30. The van der Waals surface area contributed by atoms with E-state index in [1.165, 1.54) is 32.4 Å². The second-order valence-electron chi connectivity index (χ2n) is 6.21.